The number of hydrogen-bond acceptors (Lipinski definition) is 4. The first-order valence-corrected chi connectivity index (χ1v) is 11.6. The molecule has 3 heterocycles. The third kappa shape index (κ3) is 4.05. The highest BCUT2D eigenvalue weighted by Gasteiger charge is 2.46. The Labute approximate surface area is 211 Å². The minimum atomic E-state index is -0.613. The number of pyridine rings is 1. The Morgan fingerprint density at radius 3 is 2.28 bits per heavy atom. The van der Waals surface area contributed by atoms with Gasteiger partial charge in [0.05, 0.1) is 17.9 Å². The van der Waals surface area contributed by atoms with Crippen molar-refractivity contribution in [3.8, 4) is 11.6 Å². The highest BCUT2D eigenvalue weighted by Crippen LogP contribution is 2.37. The van der Waals surface area contributed by atoms with Gasteiger partial charge in [-0.15, -0.1) is 0 Å². The molecule has 1 aliphatic heterocycles. The number of imide groups is 1. The number of carbonyl (C=O) groups is 2. The predicted molar refractivity (Wildman–Crippen MR) is 129 cm³/mol. The smallest absolute Gasteiger partial charge is 0.327 e. The van der Waals surface area contributed by atoms with E-state index in [-0.39, 0.29) is 23.4 Å². The van der Waals surface area contributed by atoms with Crippen LogP contribution in [0, 0.1) is 5.82 Å². The summed E-state index contributed by atoms with van der Waals surface area (Å²) in [5, 5.41) is 18.6. The van der Waals surface area contributed by atoms with Gasteiger partial charge in [-0.05, 0) is 54.3 Å². The van der Waals surface area contributed by atoms with Crippen molar-refractivity contribution < 1.29 is 23.7 Å². The van der Waals surface area contributed by atoms with Crippen LogP contribution in [0.2, 0.25) is 5.02 Å². The molecular weight excluding hydrogens is 483 g/mol. The summed E-state index contributed by atoms with van der Waals surface area (Å²) in [6.45, 7) is 1.75. The Morgan fingerprint density at radius 1 is 0.972 bits per heavy atom. The van der Waals surface area contributed by atoms with Gasteiger partial charge in [0.1, 0.15) is 11.4 Å². The topological polar surface area (TPSA) is 82.1 Å². The zero-order valence-corrected chi connectivity index (χ0v) is 19.9. The monoisotopic (exact) mass is 502 g/mol. The van der Waals surface area contributed by atoms with Crippen LogP contribution in [0.4, 0.5) is 4.39 Å². The largest absolute Gasteiger partial charge is 0.858 e. The molecule has 0 saturated heterocycles. The fraction of sp³-hybridized carbons (Fsp3) is 0.111. The third-order valence-corrected chi connectivity index (χ3v) is 6.19. The summed E-state index contributed by atoms with van der Waals surface area (Å²) in [6.07, 6.45) is 3.64. The maximum atomic E-state index is 13.7. The lowest BCUT2D eigenvalue weighted by molar-refractivity contribution is -0.576. The van der Waals surface area contributed by atoms with Gasteiger partial charge < -0.3 is 5.11 Å². The molecule has 0 N–H and O–H groups in total. The molecule has 0 fully saturated rings. The van der Waals surface area contributed by atoms with Crippen molar-refractivity contribution in [2.75, 3.05) is 0 Å². The normalized spacial score (nSPS) is 13.7. The van der Waals surface area contributed by atoms with E-state index in [2.05, 4.69) is 5.10 Å². The van der Waals surface area contributed by atoms with Crippen LogP contribution in [0.25, 0.3) is 17.0 Å². The number of aromatic nitrogens is 3. The molecule has 2 amide bonds. The molecule has 4 aromatic rings. The number of halogens is 2. The van der Waals surface area contributed by atoms with Crippen LogP contribution >= 0.6 is 11.6 Å². The number of hydrogen-bond donors (Lipinski definition) is 0. The molecule has 5 rings (SSSR count). The number of nitrogens with zero attached hydrogens (tertiary/aromatic N) is 4. The molecule has 0 spiro atoms. The summed E-state index contributed by atoms with van der Waals surface area (Å²) < 4.78 is 16.1. The number of benzene rings is 2. The Balaban J connectivity index is 1.68. The van der Waals surface area contributed by atoms with Gasteiger partial charge in [0.25, 0.3) is 11.6 Å². The van der Waals surface area contributed by atoms with Gasteiger partial charge in [-0.25, -0.2) is 9.07 Å². The van der Waals surface area contributed by atoms with Crippen LogP contribution in [0.15, 0.2) is 79.1 Å². The van der Waals surface area contributed by atoms with Crippen molar-refractivity contribution in [1.29, 1.82) is 0 Å². The van der Waals surface area contributed by atoms with Crippen molar-refractivity contribution in [3.63, 3.8) is 0 Å². The standard InChI is InChI=1S/C27H20ClFN4O3/c1-2-21-22(26(35)33(30-21)20-12-8-18(28)9-13-20)23-24(31-14-4-3-5-15-31)27(36)32(25(23)34)16-17-6-10-19(29)11-7-17/h3-15H,2,16H2,1H3. The number of rotatable bonds is 6. The van der Waals surface area contributed by atoms with E-state index in [1.54, 1.807) is 54.9 Å². The maximum Gasteiger partial charge on any atom is 0.327 e. The Morgan fingerprint density at radius 2 is 1.64 bits per heavy atom. The quantitative estimate of drug-likeness (QED) is 0.298. The van der Waals surface area contributed by atoms with Crippen LogP contribution in [0.5, 0.6) is 5.88 Å². The van der Waals surface area contributed by atoms with Crippen LogP contribution < -0.4 is 9.67 Å². The van der Waals surface area contributed by atoms with E-state index in [0.717, 1.165) is 4.90 Å². The fourth-order valence-corrected chi connectivity index (χ4v) is 4.32. The maximum absolute atomic E-state index is 13.7. The van der Waals surface area contributed by atoms with Crippen molar-refractivity contribution in [1.82, 2.24) is 14.7 Å². The van der Waals surface area contributed by atoms with E-state index < -0.39 is 23.5 Å². The van der Waals surface area contributed by atoms with Crippen molar-refractivity contribution in [2.24, 2.45) is 0 Å². The molecule has 1 aliphatic rings. The lowest BCUT2D eigenvalue weighted by Crippen LogP contribution is -2.39. The van der Waals surface area contributed by atoms with E-state index >= 15 is 0 Å². The second kappa shape index (κ2) is 9.39. The lowest BCUT2D eigenvalue weighted by Gasteiger charge is -2.15. The second-order valence-electron chi connectivity index (χ2n) is 8.20. The van der Waals surface area contributed by atoms with Crippen LogP contribution in [0.1, 0.15) is 23.7 Å². The Hall–Kier alpha value is -4.30. The van der Waals surface area contributed by atoms with E-state index in [4.69, 9.17) is 11.6 Å². The SMILES string of the molecule is CCc1nn(-c2ccc(Cl)cc2)c([O-])c1C1=C([n+]2ccccc2)C(=O)N(Cc2ccc(F)cc2)C1=O. The summed E-state index contributed by atoms with van der Waals surface area (Å²) in [4.78, 5) is 28.4. The fourth-order valence-electron chi connectivity index (χ4n) is 4.19. The second-order valence-corrected chi connectivity index (χ2v) is 8.63. The summed E-state index contributed by atoms with van der Waals surface area (Å²) in [5.41, 5.74) is 1.58. The third-order valence-electron chi connectivity index (χ3n) is 5.94. The predicted octanol–water partition coefficient (Wildman–Crippen LogP) is 3.53. The molecule has 9 heteroatoms. The van der Waals surface area contributed by atoms with Gasteiger partial charge in [-0.2, -0.15) is 9.67 Å². The van der Waals surface area contributed by atoms with Gasteiger partial charge in [-0.3, -0.25) is 14.5 Å². The van der Waals surface area contributed by atoms with Gasteiger partial charge in [0.2, 0.25) is 0 Å². The summed E-state index contributed by atoms with van der Waals surface area (Å²) in [7, 11) is 0. The van der Waals surface area contributed by atoms with Gasteiger partial charge in [-0.1, -0.05) is 36.7 Å². The van der Waals surface area contributed by atoms with Crippen LogP contribution in [-0.4, -0.2) is 26.5 Å². The molecule has 0 saturated carbocycles. The summed E-state index contributed by atoms with van der Waals surface area (Å²) >= 11 is 5.99. The van der Waals surface area contributed by atoms with Gasteiger partial charge in [0, 0.05) is 22.7 Å². The van der Waals surface area contributed by atoms with E-state index in [0.29, 0.717) is 28.4 Å². The molecule has 7 nitrogen and oxygen atoms in total. The number of amides is 2. The van der Waals surface area contributed by atoms with Crippen molar-refractivity contribution >= 4 is 34.7 Å². The number of aryl methyl sites for hydroxylation is 1. The van der Waals surface area contributed by atoms with Crippen LogP contribution in [0.3, 0.4) is 0 Å². The first-order valence-electron chi connectivity index (χ1n) is 11.3. The van der Waals surface area contributed by atoms with E-state index in [1.165, 1.54) is 33.5 Å². The highest BCUT2D eigenvalue weighted by molar-refractivity contribution is 6.44. The first kappa shape index (κ1) is 23.4. The molecule has 180 valence electrons. The molecule has 36 heavy (non-hydrogen) atoms. The minimum Gasteiger partial charge on any atom is -0.858 e. The van der Waals surface area contributed by atoms with E-state index in [9.17, 15) is 19.1 Å². The average molecular weight is 503 g/mol. The van der Waals surface area contributed by atoms with E-state index in [1.807, 2.05) is 6.92 Å². The molecule has 0 unspecified atom stereocenters. The average Bonchev–Trinajstić information content (AvgIpc) is 3.34. The van der Waals surface area contributed by atoms with Crippen molar-refractivity contribution in [3.05, 3.63) is 107 Å². The Bertz CT molecular complexity index is 1500. The Kier molecular flexibility index (Phi) is 6.12. The van der Waals surface area contributed by atoms with Gasteiger partial charge in [0.15, 0.2) is 12.4 Å². The molecule has 2 aromatic heterocycles. The van der Waals surface area contributed by atoms with Crippen molar-refractivity contribution in [2.45, 2.75) is 19.9 Å². The molecule has 0 atom stereocenters. The minimum absolute atomic E-state index is 0.0135. The molecular formula is C27H20ClFN4O3. The molecule has 0 bridgehead atoms. The first-order chi connectivity index (χ1) is 17.4. The lowest BCUT2D eigenvalue weighted by atomic mass is 10.0. The number of carbonyl (C=O) groups excluding carboxylic acids is 2. The summed E-state index contributed by atoms with van der Waals surface area (Å²) in [6, 6.07) is 17.4. The zero-order chi connectivity index (χ0) is 25.4. The van der Waals surface area contributed by atoms with Crippen LogP contribution in [-0.2, 0) is 22.6 Å². The zero-order valence-electron chi connectivity index (χ0n) is 19.2. The highest BCUT2D eigenvalue weighted by atomic mass is 35.5. The van der Waals surface area contributed by atoms with Gasteiger partial charge >= 0.3 is 5.91 Å². The summed E-state index contributed by atoms with van der Waals surface area (Å²) in [5.74, 6) is -2.10. The molecule has 0 radical (unpaired) electrons. The molecule has 0 aliphatic carbocycles. The molecule has 2 aromatic carbocycles.